The smallest absolute Gasteiger partial charge is 0.170 e. The summed E-state index contributed by atoms with van der Waals surface area (Å²) in [6.45, 7) is 9.06. The maximum Gasteiger partial charge on any atom is 0.170 e. The van der Waals surface area contributed by atoms with Crippen LogP contribution >= 0.6 is 12.2 Å². The number of likely N-dealkylation sites (tertiary alicyclic amines) is 1. The van der Waals surface area contributed by atoms with E-state index in [1.54, 1.807) is 12.1 Å². The third kappa shape index (κ3) is 5.89. The first-order chi connectivity index (χ1) is 10.5. The van der Waals surface area contributed by atoms with Crippen molar-refractivity contribution in [3.05, 3.63) is 30.1 Å². The average molecular weight is 323 g/mol. The monoisotopic (exact) mass is 323 g/mol. The number of thiocarbonyl (C=S) groups is 1. The Labute approximate surface area is 138 Å². The molecule has 1 aromatic rings. The first kappa shape index (κ1) is 17.2. The van der Waals surface area contributed by atoms with Crippen molar-refractivity contribution in [1.29, 1.82) is 0 Å². The van der Waals surface area contributed by atoms with E-state index in [9.17, 15) is 4.39 Å². The van der Waals surface area contributed by atoms with Crippen LogP contribution in [0.5, 0.6) is 0 Å². The fraction of sp³-hybridized carbons (Fsp3) is 0.588. The highest BCUT2D eigenvalue weighted by Crippen LogP contribution is 2.20. The number of hydrogen-bond acceptors (Lipinski definition) is 2. The van der Waals surface area contributed by atoms with Gasteiger partial charge in [0.15, 0.2) is 5.11 Å². The predicted octanol–water partition coefficient (Wildman–Crippen LogP) is 3.48. The Morgan fingerprint density at radius 1 is 1.23 bits per heavy atom. The summed E-state index contributed by atoms with van der Waals surface area (Å²) >= 11 is 5.25. The number of hydrogen-bond donors (Lipinski definition) is 2. The van der Waals surface area contributed by atoms with Gasteiger partial charge in [0.2, 0.25) is 0 Å². The number of nitrogens with zero attached hydrogens (tertiary/aromatic N) is 1. The van der Waals surface area contributed by atoms with E-state index >= 15 is 0 Å². The van der Waals surface area contributed by atoms with Crippen LogP contribution in [0.25, 0.3) is 0 Å². The van der Waals surface area contributed by atoms with Crippen molar-refractivity contribution in [3.63, 3.8) is 0 Å². The zero-order valence-electron chi connectivity index (χ0n) is 13.4. The number of halogens is 1. The van der Waals surface area contributed by atoms with Gasteiger partial charge in [-0.25, -0.2) is 4.39 Å². The number of anilines is 1. The van der Waals surface area contributed by atoms with Crippen LogP contribution in [0, 0.1) is 17.7 Å². The summed E-state index contributed by atoms with van der Waals surface area (Å²) < 4.78 is 12.8. The average Bonchev–Trinajstić information content (AvgIpc) is 2.45. The van der Waals surface area contributed by atoms with E-state index in [-0.39, 0.29) is 5.82 Å². The van der Waals surface area contributed by atoms with Crippen molar-refractivity contribution < 1.29 is 4.39 Å². The summed E-state index contributed by atoms with van der Waals surface area (Å²) in [7, 11) is 0. The summed E-state index contributed by atoms with van der Waals surface area (Å²) in [5.74, 6) is 1.37. The second-order valence-electron chi connectivity index (χ2n) is 6.45. The van der Waals surface area contributed by atoms with Crippen LogP contribution in [0.2, 0.25) is 0 Å². The molecule has 5 heteroatoms. The van der Waals surface area contributed by atoms with Gasteiger partial charge in [0.1, 0.15) is 5.82 Å². The number of rotatable bonds is 5. The second-order valence-corrected chi connectivity index (χ2v) is 6.86. The summed E-state index contributed by atoms with van der Waals surface area (Å²) in [4.78, 5) is 2.55. The van der Waals surface area contributed by atoms with Crippen LogP contribution in [-0.4, -0.2) is 36.2 Å². The van der Waals surface area contributed by atoms with E-state index in [0.29, 0.717) is 5.11 Å². The van der Waals surface area contributed by atoms with Gasteiger partial charge < -0.3 is 15.5 Å². The molecule has 0 aliphatic carbocycles. The van der Waals surface area contributed by atoms with Crippen LogP contribution in [-0.2, 0) is 0 Å². The Hall–Kier alpha value is -1.20. The maximum absolute atomic E-state index is 12.8. The molecule has 1 fully saturated rings. The topological polar surface area (TPSA) is 27.3 Å². The lowest BCUT2D eigenvalue weighted by molar-refractivity contribution is 0.140. The molecule has 0 spiro atoms. The van der Waals surface area contributed by atoms with Crippen LogP contribution in [0.3, 0.4) is 0 Å². The zero-order valence-corrected chi connectivity index (χ0v) is 14.3. The van der Waals surface area contributed by atoms with Gasteiger partial charge in [0, 0.05) is 25.3 Å². The van der Waals surface area contributed by atoms with Gasteiger partial charge in [-0.05, 0) is 67.7 Å². The van der Waals surface area contributed by atoms with Gasteiger partial charge >= 0.3 is 0 Å². The summed E-state index contributed by atoms with van der Waals surface area (Å²) in [5.41, 5.74) is 0.803. The van der Waals surface area contributed by atoms with Gasteiger partial charge in [-0.2, -0.15) is 0 Å². The van der Waals surface area contributed by atoms with E-state index in [1.807, 2.05) is 0 Å². The van der Waals surface area contributed by atoms with E-state index in [4.69, 9.17) is 12.2 Å². The first-order valence-electron chi connectivity index (χ1n) is 8.05. The lowest BCUT2D eigenvalue weighted by Gasteiger charge is -2.34. The lowest BCUT2D eigenvalue weighted by Crippen LogP contribution is -2.40. The molecule has 1 aliphatic rings. The Balaban J connectivity index is 1.62. The molecule has 2 rings (SSSR count). The molecule has 3 nitrogen and oxygen atoms in total. The molecular formula is C17H26FN3S. The summed E-state index contributed by atoms with van der Waals surface area (Å²) in [6.07, 6.45) is 2.42. The highest BCUT2D eigenvalue weighted by Gasteiger charge is 2.20. The third-order valence-corrected chi connectivity index (χ3v) is 4.23. The molecule has 2 atom stereocenters. The normalized spacial score (nSPS) is 22.3. The van der Waals surface area contributed by atoms with Crippen molar-refractivity contribution >= 4 is 23.0 Å². The van der Waals surface area contributed by atoms with Crippen LogP contribution in [0.4, 0.5) is 10.1 Å². The van der Waals surface area contributed by atoms with Crippen molar-refractivity contribution in [2.24, 2.45) is 11.8 Å². The molecule has 1 aliphatic heterocycles. The molecule has 0 aromatic heterocycles. The summed E-state index contributed by atoms with van der Waals surface area (Å²) in [6, 6.07) is 6.20. The molecular weight excluding hydrogens is 297 g/mol. The molecule has 0 saturated carbocycles. The van der Waals surface area contributed by atoms with Crippen LogP contribution in [0.1, 0.15) is 26.7 Å². The van der Waals surface area contributed by atoms with Gasteiger partial charge in [0.25, 0.3) is 0 Å². The molecule has 0 bridgehead atoms. The highest BCUT2D eigenvalue weighted by molar-refractivity contribution is 7.80. The molecule has 1 aromatic carbocycles. The largest absolute Gasteiger partial charge is 0.362 e. The minimum absolute atomic E-state index is 0.241. The molecule has 122 valence electrons. The van der Waals surface area contributed by atoms with E-state index in [1.165, 1.54) is 31.6 Å². The van der Waals surface area contributed by atoms with Crippen molar-refractivity contribution in [2.45, 2.75) is 26.7 Å². The van der Waals surface area contributed by atoms with E-state index in [2.05, 4.69) is 29.4 Å². The second kappa shape index (κ2) is 8.44. The quantitative estimate of drug-likeness (QED) is 0.641. The Bertz CT molecular complexity index is 467. The van der Waals surface area contributed by atoms with Crippen molar-refractivity contribution in [1.82, 2.24) is 10.2 Å². The zero-order chi connectivity index (χ0) is 15.9. The van der Waals surface area contributed by atoms with Crippen molar-refractivity contribution in [3.8, 4) is 0 Å². The molecule has 1 saturated heterocycles. The van der Waals surface area contributed by atoms with Gasteiger partial charge in [0.05, 0.1) is 0 Å². The van der Waals surface area contributed by atoms with E-state index in [0.717, 1.165) is 37.0 Å². The Kier molecular flexibility index (Phi) is 6.58. The van der Waals surface area contributed by atoms with Gasteiger partial charge in [-0.15, -0.1) is 0 Å². The SMILES string of the molecule is C[C@H]1C[C@H](C)CN(CCCNC(=S)Nc2ccc(F)cc2)C1. The Morgan fingerprint density at radius 2 is 1.86 bits per heavy atom. The fourth-order valence-electron chi connectivity index (χ4n) is 3.19. The standard InChI is InChI=1S/C17H26FN3S/c1-13-10-14(2)12-21(11-13)9-3-8-19-17(22)20-16-6-4-15(18)5-7-16/h4-7,13-14H,3,8-12H2,1-2H3,(H2,19,20,22)/t13-,14-/m0/s1. The highest BCUT2D eigenvalue weighted by atomic mass is 32.1. The predicted molar refractivity (Wildman–Crippen MR) is 94.6 cm³/mol. The minimum Gasteiger partial charge on any atom is -0.362 e. The minimum atomic E-state index is -0.241. The molecule has 0 unspecified atom stereocenters. The van der Waals surface area contributed by atoms with Crippen LogP contribution < -0.4 is 10.6 Å². The first-order valence-corrected chi connectivity index (χ1v) is 8.46. The molecule has 2 N–H and O–H groups in total. The molecule has 0 radical (unpaired) electrons. The molecule has 22 heavy (non-hydrogen) atoms. The van der Waals surface area contributed by atoms with Gasteiger partial charge in [-0.3, -0.25) is 0 Å². The maximum atomic E-state index is 12.8. The van der Waals surface area contributed by atoms with E-state index < -0.39 is 0 Å². The summed E-state index contributed by atoms with van der Waals surface area (Å²) in [5, 5.41) is 6.86. The lowest BCUT2D eigenvalue weighted by atomic mass is 9.92. The number of nitrogens with one attached hydrogen (secondary N) is 2. The molecule has 1 heterocycles. The Morgan fingerprint density at radius 3 is 2.50 bits per heavy atom. The molecule has 0 amide bonds. The third-order valence-electron chi connectivity index (χ3n) is 3.98. The van der Waals surface area contributed by atoms with Crippen molar-refractivity contribution in [2.75, 3.05) is 31.5 Å². The fourth-order valence-corrected chi connectivity index (χ4v) is 3.41. The number of piperidine rings is 1. The number of benzene rings is 1. The van der Waals surface area contributed by atoms with Crippen LogP contribution in [0.15, 0.2) is 24.3 Å². The van der Waals surface area contributed by atoms with Gasteiger partial charge in [-0.1, -0.05) is 13.8 Å².